The Labute approximate surface area is 126 Å². The number of hydrogen-bond acceptors (Lipinski definition) is 4. The van der Waals surface area contributed by atoms with Crippen LogP contribution in [0.25, 0.3) is 0 Å². The monoisotopic (exact) mass is 306 g/mol. The van der Waals surface area contributed by atoms with Gasteiger partial charge >= 0.3 is 0 Å². The van der Waals surface area contributed by atoms with Crippen LogP contribution in [0.1, 0.15) is 35.1 Å². The van der Waals surface area contributed by atoms with E-state index in [1.165, 1.54) is 9.75 Å². The molecular weight excluding hydrogens is 288 g/mol. The normalized spacial score (nSPS) is 22.3. The fraction of sp³-hybridized carbons (Fsp3) is 0.400. The first kappa shape index (κ1) is 13.8. The average Bonchev–Trinajstić information content (AvgIpc) is 3.17. The van der Waals surface area contributed by atoms with Crippen molar-refractivity contribution in [2.45, 2.75) is 31.3 Å². The third-order valence-corrected chi connectivity index (χ3v) is 5.66. The quantitative estimate of drug-likeness (QED) is 0.911. The molecule has 2 heterocycles. The highest BCUT2D eigenvalue weighted by atomic mass is 32.1. The Morgan fingerprint density at radius 2 is 1.85 bits per heavy atom. The molecule has 2 unspecified atom stereocenters. The third kappa shape index (κ3) is 2.95. The number of nitrogens with one attached hydrogen (secondary N) is 1. The summed E-state index contributed by atoms with van der Waals surface area (Å²) in [4.78, 5) is 14.8. The van der Waals surface area contributed by atoms with Crippen molar-refractivity contribution < 1.29 is 4.79 Å². The van der Waals surface area contributed by atoms with Gasteiger partial charge < -0.3 is 11.1 Å². The van der Waals surface area contributed by atoms with Gasteiger partial charge in [-0.3, -0.25) is 4.79 Å². The van der Waals surface area contributed by atoms with Gasteiger partial charge in [-0.25, -0.2) is 0 Å². The molecule has 3 N–H and O–H groups in total. The van der Waals surface area contributed by atoms with Gasteiger partial charge in [0.1, 0.15) is 0 Å². The van der Waals surface area contributed by atoms with Crippen LogP contribution in [0.2, 0.25) is 0 Å². The van der Waals surface area contributed by atoms with Gasteiger partial charge in [-0.1, -0.05) is 12.1 Å². The average molecular weight is 306 g/mol. The molecule has 0 aliphatic heterocycles. The Hall–Kier alpha value is -1.17. The topological polar surface area (TPSA) is 55.1 Å². The summed E-state index contributed by atoms with van der Waals surface area (Å²) in [5, 5.41) is 7.31. The molecule has 1 fully saturated rings. The third-order valence-electron chi connectivity index (χ3n) is 3.79. The van der Waals surface area contributed by atoms with Crippen LogP contribution in [0.4, 0.5) is 0 Å². The van der Waals surface area contributed by atoms with Crippen molar-refractivity contribution >= 4 is 28.6 Å². The SMILES string of the molecule is NC1CCC(C(=O)NC(c2cccs2)c2cccs2)C1. The van der Waals surface area contributed by atoms with Crippen LogP contribution in [0.3, 0.4) is 0 Å². The molecule has 2 aromatic heterocycles. The highest BCUT2D eigenvalue weighted by Crippen LogP contribution is 2.31. The molecule has 1 aliphatic rings. The summed E-state index contributed by atoms with van der Waals surface area (Å²) in [6, 6.07) is 8.38. The van der Waals surface area contributed by atoms with E-state index < -0.39 is 0 Å². The maximum absolute atomic E-state index is 12.4. The van der Waals surface area contributed by atoms with Gasteiger partial charge in [0.05, 0.1) is 6.04 Å². The van der Waals surface area contributed by atoms with Crippen molar-refractivity contribution in [3.63, 3.8) is 0 Å². The van der Waals surface area contributed by atoms with Gasteiger partial charge in [0.25, 0.3) is 0 Å². The molecule has 1 aliphatic carbocycles. The zero-order valence-electron chi connectivity index (χ0n) is 11.1. The molecule has 0 aromatic carbocycles. The summed E-state index contributed by atoms with van der Waals surface area (Å²) >= 11 is 3.36. The lowest BCUT2D eigenvalue weighted by molar-refractivity contribution is -0.125. The van der Waals surface area contributed by atoms with Crippen molar-refractivity contribution in [3.05, 3.63) is 44.8 Å². The van der Waals surface area contributed by atoms with Crippen LogP contribution in [0, 0.1) is 5.92 Å². The number of amides is 1. The summed E-state index contributed by atoms with van der Waals surface area (Å²) in [6.45, 7) is 0. The van der Waals surface area contributed by atoms with Gasteiger partial charge in [-0.15, -0.1) is 22.7 Å². The van der Waals surface area contributed by atoms with Crippen LogP contribution in [0.5, 0.6) is 0 Å². The molecular formula is C15H18N2OS2. The number of carbonyl (C=O) groups is 1. The van der Waals surface area contributed by atoms with Crippen molar-refractivity contribution in [3.8, 4) is 0 Å². The molecule has 0 bridgehead atoms. The van der Waals surface area contributed by atoms with Crippen molar-refractivity contribution in [1.29, 1.82) is 0 Å². The zero-order valence-corrected chi connectivity index (χ0v) is 12.8. The standard InChI is InChI=1S/C15H18N2OS2/c16-11-6-5-10(9-11)15(18)17-14(12-3-1-7-19-12)13-4-2-8-20-13/h1-4,7-8,10-11,14H,5-6,9,16H2,(H,17,18). The highest BCUT2D eigenvalue weighted by Gasteiger charge is 2.30. The lowest BCUT2D eigenvalue weighted by Gasteiger charge is -2.19. The maximum Gasteiger partial charge on any atom is 0.223 e. The Kier molecular flexibility index (Phi) is 4.19. The van der Waals surface area contributed by atoms with Crippen LogP contribution in [0.15, 0.2) is 35.0 Å². The van der Waals surface area contributed by atoms with Gasteiger partial charge in [-0.05, 0) is 42.2 Å². The first-order valence-corrected chi connectivity index (χ1v) is 8.62. The molecule has 0 spiro atoms. The molecule has 0 radical (unpaired) electrons. The van der Waals surface area contributed by atoms with E-state index in [1.54, 1.807) is 22.7 Å². The molecule has 106 valence electrons. The Balaban J connectivity index is 1.76. The van der Waals surface area contributed by atoms with Crippen molar-refractivity contribution in [1.82, 2.24) is 5.32 Å². The summed E-state index contributed by atoms with van der Waals surface area (Å²) in [5.41, 5.74) is 5.91. The molecule has 3 nitrogen and oxygen atoms in total. The fourth-order valence-electron chi connectivity index (χ4n) is 2.71. The summed E-state index contributed by atoms with van der Waals surface area (Å²) in [5.74, 6) is 0.220. The predicted molar refractivity (Wildman–Crippen MR) is 83.9 cm³/mol. The van der Waals surface area contributed by atoms with Crippen molar-refractivity contribution in [2.75, 3.05) is 0 Å². The van der Waals surface area contributed by atoms with Crippen LogP contribution < -0.4 is 11.1 Å². The van der Waals surface area contributed by atoms with Crippen LogP contribution in [-0.4, -0.2) is 11.9 Å². The van der Waals surface area contributed by atoms with E-state index in [4.69, 9.17) is 5.73 Å². The maximum atomic E-state index is 12.4. The van der Waals surface area contributed by atoms with Crippen LogP contribution >= 0.6 is 22.7 Å². The lowest BCUT2D eigenvalue weighted by Crippen LogP contribution is -2.33. The largest absolute Gasteiger partial charge is 0.343 e. The molecule has 1 saturated carbocycles. The predicted octanol–water partition coefficient (Wildman–Crippen LogP) is 3.14. The second-order valence-corrected chi connectivity index (χ2v) is 7.20. The molecule has 2 aromatic rings. The van der Waals surface area contributed by atoms with Gasteiger partial charge in [0.2, 0.25) is 5.91 Å². The molecule has 1 amide bonds. The number of carbonyl (C=O) groups excluding carboxylic acids is 1. The number of nitrogens with two attached hydrogens (primary N) is 1. The zero-order chi connectivity index (χ0) is 13.9. The summed E-state index contributed by atoms with van der Waals surface area (Å²) < 4.78 is 0. The molecule has 3 rings (SSSR count). The summed E-state index contributed by atoms with van der Waals surface area (Å²) in [6.07, 6.45) is 2.68. The summed E-state index contributed by atoms with van der Waals surface area (Å²) in [7, 11) is 0. The smallest absolute Gasteiger partial charge is 0.223 e. The van der Waals surface area contributed by atoms with E-state index in [-0.39, 0.29) is 23.9 Å². The van der Waals surface area contributed by atoms with E-state index in [0.717, 1.165) is 19.3 Å². The van der Waals surface area contributed by atoms with Gasteiger partial charge in [-0.2, -0.15) is 0 Å². The van der Waals surface area contributed by atoms with E-state index >= 15 is 0 Å². The molecule has 2 atom stereocenters. The highest BCUT2D eigenvalue weighted by molar-refractivity contribution is 7.11. The second-order valence-electron chi connectivity index (χ2n) is 5.24. The second kappa shape index (κ2) is 6.08. The first-order valence-electron chi connectivity index (χ1n) is 6.87. The van der Waals surface area contributed by atoms with Crippen LogP contribution in [-0.2, 0) is 4.79 Å². The number of thiophene rings is 2. The van der Waals surface area contributed by atoms with Crippen molar-refractivity contribution in [2.24, 2.45) is 11.7 Å². The fourth-order valence-corrected chi connectivity index (χ4v) is 4.37. The van der Waals surface area contributed by atoms with E-state index in [0.29, 0.717) is 0 Å². The Morgan fingerprint density at radius 1 is 1.20 bits per heavy atom. The minimum absolute atomic E-state index is 0.0145. The van der Waals surface area contributed by atoms with Gasteiger partial charge in [0, 0.05) is 21.7 Å². The Morgan fingerprint density at radius 3 is 2.30 bits per heavy atom. The van der Waals surface area contributed by atoms with E-state index in [1.807, 2.05) is 22.9 Å². The molecule has 5 heteroatoms. The number of rotatable bonds is 4. The Bertz CT molecular complexity index is 516. The minimum atomic E-state index is -0.0145. The number of hydrogen-bond donors (Lipinski definition) is 2. The van der Waals surface area contributed by atoms with E-state index in [2.05, 4.69) is 17.4 Å². The minimum Gasteiger partial charge on any atom is -0.343 e. The lowest BCUT2D eigenvalue weighted by atomic mass is 10.1. The molecule has 20 heavy (non-hydrogen) atoms. The van der Waals surface area contributed by atoms with E-state index in [9.17, 15) is 4.79 Å². The van der Waals surface area contributed by atoms with Gasteiger partial charge in [0.15, 0.2) is 0 Å². The first-order chi connectivity index (χ1) is 9.74. The molecule has 0 saturated heterocycles.